The third kappa shape index (κ3) is 7.43. The summed E-state index contributed by atoms with van der Waals surface area (Å²) in [6, 6.07) is 7.63. The Balaban J connectivity index is 1.63. The smallest absolute Gasteiger partial charge is 0.459 e. The van der Waals surface area contributed by atoms with Crippen molar-refractivity contribution in [1.29, 1.82) is 0 Å². The van der Waals surface area contributed by atoms with Gasteiger partial charge in [0.25, 0.3) is 0 Å². The molecular formula is C23H32N3O7P. The predicted octanol–water partition coefficient (Wildman–Crippen LogP) is 3.21. The summed E-state index contributed by atoms with van der Waals surface area (Å²) in [5.41, 5.74) is 5.89. The van der Waals surface area contributed by atoms with Crippen molar-refractivity contribution in [2.75, 3.05) is 6.61 Å². The van der Waals surface area contributed by atoms with Gasteiger partial charge >= 0.3 is 13.7 Å². The van der Waals surface area contributed by atoms with Crippen LogP contribution in [-0.4, -0.2) is 47.9 Å². The van der Waals surface area contributed by atoms with Gasteiger partial charge in [-0.1, -0.05) is 24.3 Å². The number of benzene rings is 1. The maximum atomic E-state index is 13.5. The summed E-state index contributed by atoms with van der Waals surface area (Å²) in [5, 5.41) is 2.66. The molecule has 2 aliphatic heterocycles. The molecule has 186 valence electrons. The number of rotatable bonds is 11. The zero-order valence-corrected chi connectivity index (χ0v) is 20.5. The molecule has 2 aliphatic rings. The van der Waals surface area contributed by atoms with E-state index in [1.165, 1.54) is 6.92 Å². The normalized spacial score (nSPS) is 22.7. The van der Waals surface area contributed by atoms with Crippen LogP contribution in [0.5, 0.6) is 5.75 Å². The molecule has 4 unspecified atom stereocenters. The summed E-state index contributed by atoms with van der Waals surface area (Å²) < 4.78 is 36.1. The van der Waals surface area contributed by atoms with E-state index < -0.39 is 25.7 Å². The molecule has 0 saturated carbocycles. The molecular weight excluding hydrogens is 461 g/mol. The second-order valence-electron chi connectivity index (χ2n) is 8.38. The molecule has 3 rings (SSSR count). The number of nitrogens with one attached hydrogen (secondary N) is 1. The Kier molecular flexibility index (Phi) is 8.90. The van der Waals surface area contributed by atoms with Crippen molar-refractivity contribution in [1.82, 2.24) is 9.99 Å². The van der Waals surface area contributed by atoms with Crippen LogP contribution in [-0.2, 0) is 28.2 Å². The van der Waals surface area contributed by atoms with Gasteiger partial charge < -0.3 is 24.6 Å². The first-order valence-corrected chi connectivity index (χ1v) is 12.8. The number of esters is 1. The van der Waals surface area contributed by atoms with Crippen LogP contribution < -0.4 is 15.3 Å². The number of carbonyl (C=O) groups excluding carboxylic acids is 2. The topological polar surface area (TPSA) is 129 Å². The highest BCUT2D eigenvalue weighted by atomic mass is 31.2. The monoisotopic (exact) mass is 493 g/mol. The van der Waals surface area contributed by atoms with Crippen LogP contribution in [0.2, 0.25) is 0 Å². The Morgan fingerprint density at radius 3 is 2.65 bits per heavy atom. The van der Waals surface area contributed by atoms with E-state index in [4.69, 9.17) is 24.3 Å². The number of hydrogen-bond donors (Lipinski definition) is 2. The molecule has 4 atom stereocenters. The summed E-state index contributed by atoms with van der Waals surface area (Å²) in [7, 11) is -3.95. The number of primary amides is 1. The fourth-order valence-electron chi connectivity index (χ4n) is 3.46. The second-order valence-corrected chi connectivity index (χ2v) is 10.1. The van der Waals surface area contributed by atoms with Crippen molar-refractivity contribution >= 4 is 19.6 Å². The number of para-hydroxylation sites is 1. The molecule has 1 fully saturated rings. The molecule has 1 aromatic rings. The molecule has 11 heteroatoms. The van der Waals surface area contributed by atoms with Crippen LogP contribution in [0.1, 0.15) is 40.0 Å². The van der Waals surface area contributed by atoms with Gasteiger partial charge in [0.2, 0.25) is 5.91 Å². The average molecular weight is 493 g/mol. The van der Waals surface area contributed by atoms with Crippen LogP contribution in [0, 0.1) is 0 Å². The van der Waals surface area contributed by atoms with Gasteiger partial charge in [0.05, 0.1) is 18.8 Å². The number of nitrogens with two attached hydrogens (primary N) is 1. The third-order valence-corrected chi connectivity index (χ3v) is 6.75. The molecule has 1 saturated heterocycles. The van der Waals surface area contributed by atoms with E-state index >= 15 is 0 Å². The Morgan fingerprint density at radius 2 is 1.97 bits per heavy atom. The predicted molar refractivity (Wildman–Crippen MR) is 125 cm³/mol. The Bertz CT molecular complexity index is 967. The third-order valence-electron chi connectivity index (χ3n) is 5.11. The fraction of sp³-hybridized carbons (Fsp3) is 0.478. The van der Waals surface area contributed by atoms with Gasteiger partial charge in [-0.3, -0.25) is 14.1 Å². The minimum absolute atomic E-state index is 0.0243. The van der Waals surface area contributed by atoms with E-state index in [1.807, 2.05) is 12.3 Å². The van der Waals surface area contributed by atoms with Crippen molar-refractivity contribution in [3.8, 4) is 5.75 Å². The number of allylic oxidation sites excluding steroid dienone is 1. The Labute approximate surface area is 199 Å². The molecule has 10 nitrogen and oxygen atoms in total. The summed E-state index contributed by atoms with van der Waals surface area (Å²) in [6.45, 7) is 4.97. The molecule has 1 amide bonds. The number of carbonyl (C=O) groups is 2. The van der Waals surface area contributed by atoms with Gasteiger partial charge in [-0.25, -0.2) is 4.57 Å². The van der Waals surface area contributed by atoms with Crippen molar-refractivity contribution in [3.05, 3.63) is 54.4 Å². The van der Waals surface area contributed by atoms with Gasteiger partial charge in [0.1, 0.15) is 18.0 Å². The first-order chi connectivity index (χ1) is 16.1. The SMILES string of the molecule is CC(C)OC(=O)C(C)NP(=O)(OCC1CCC(N2C=CCC(C(N)=O)=C2)O1)Oc1ccccc1. The van der Waals surface area contributed by atoms with Gasteiger partial charge in [-0.2, -0.15) is 5.09 Å². The number of hydrogen-bond acceptors (Lipinski definition) is 8. The molecule has 0 spiro atoms. The molecule has 2 heterocycles. The molecule has 1 aromatic carbocycles. The van der Waals surface area contributed by atoms with Gasteiger partial charge in [-0.15, -0.1) is 0 Å². The van der Waals surface area contributed by atoms with Crippen molar-refractivity contribution in [3.63, 3.8) is 0 Å². The highest BCUT2D eigenvalue weighted by Gasteiger charge is 2.36. The highest BCUT2D eigenvalue weighted by molar-refractivity contribution is 7.52. The summed E-state index contributed by atoms with van der Waals surface area (Å²) in [5.74, 6) is -0.709. The molecule has 0 aromatic heterocycles. The largest absolute Gasteiger partial charge is 0.462 e. The Hall–Kier alpha value is -2.65. The summed E-state index contributed by atoms with van der Waals surface area (Å²) in [6.07, 6.45) is 6.19. The lowest BCUT2D eigenvalue weighted by molar-refractivity contribution is -0.149. The quantitative estimate of drug-likeness (QED) is 0.353. The minimum Gasteiger partial charge on any atom is -0.462 e. The maximum Gasteiger partial charge on any atom is 0.459 e. The van der Waals surface area contributed by atoms with E-state index in [2.05, 4.69) is 5.09 Å². The van der Waals surface area contributed by atoms with Crippen molar-refractivity contribution < 1.29 is 32.7 Å². The summed E-state index contributed by atoms with van der Waals surface area (Å²) in [4.78, 5) is 25.5. The number of ether oxygens (including phenoxy) is 2. The van der Waals surface area contributed by atoms with E-state index in [-0.39, 0.29) is 25.0 Å². The fourth-order valence-corrected chi connectivity index (χ4v) is 4.99. The first-order valence-electron chi connectivity index (χ1n) is 11.2. The molecule has 3 N–H and O–H groups in total. The standard InChI is InChI=1S/C23H32N3O7P/c1-16(2)31-23(28)17(3)25-34(29,33-19-9-5-4-6-10-19)30-15-20-11-12-21(32-20)26-13-7-8-18(14-26)22(24)27/h4-7,9-10,13-14,16-17,20-21H,8,11-12,15H2,1-3H3,(H2,24,27)(H,25,29). The van der Waals surface area contributed by atoms with Gasteiger partial charge in [-0.05, 0) is 52.2 Å². The van der Waals surface area contributed by atoms with Crippen LogP contribution in [0.4, 0.5) is 0 Å². The molecule has 0 bridgehead atoms. The number of nitrogens with zero attached hydrogens (tertiary/aromatic N) is 1. The zero-order valence-electron chi connectivity index (χ0n) is 19.6. The zero-order chi connectivity index (χ0) is 24.7. The second kappa shape index (κ2) is 11.7. The maximum absolute atomic E-state index is 13.5. The van der Waals surface area contributed by atoms with Crippen molar-refractivity contribution in [2.24, 2.45) is 5.73 Å². The lowest BCUT2D eigenvalue weighted by Crippen LogP contribution is -2.36. The van der Waals surface area contributed by atoms with E-state index in [1.54, 1.807) is 55.3 Å². The van der Waals surface area contributed by atoms with Crippen LogP contribution in [0.3, 0.4) is 0 Å². The van der Waals surface area contributed by atoms with E-state index in [0.717, 1.165) is 0 Å². The lowest BCUT2D eigenvalue weighted by Gasteiger charge is -2.27. The highest BCUT2D eigenvalue weighted by Crippen LogP contribution is 2.45. The lowest BCUT2D eigenvalue weighted by atomic mass is 10.1. The van der Waals surface area contributed by atoms with Crippen molar-refractivity contribution in [2.45, 2.75) is 64.5 Å². The van der Waals surface area contributed by atoms with Crippen LogP contribution >= 0.6 is 7.75 Å². The molecule has 0 aliphatic carbocycles. The minimum atomic E-state index is -3.95. The van der Waals surface area contributed by atoms with Gasteiger partial charge in [0, 0.05) is 18.0 Å². The van der Waals surface area contributed by atoms with E-state index in [9.17, 15) is 14.2 Å². The molecule has 34 heavy (non-hydrogen) atoms. The van der Waals surface area contributed by atoms with Crippen LogP contribution in [0.25, 0.3) is 0 Å². The summed E-state index contributed by atoms with van der Waals surface area (Å²) >= 11 is 0. The van der Waals surface area contributed by atoms with E-state index in [0.29, 0.717) is 30.6 Å². The van der Waals surface area contributed by atoms with Crippen LogP contribution in [0.15, 0.2) is 54.4 Å². The van der Waals surface area contributed by atoms with Gasteiger partial charge in [0.15, 0.2) is 0 Å². The Morgan fingerprint density at radius 1 is 1.24 bits per heavy atom. The first kappa shape index (κ1) is 26.0. The average Bonchev–Trinajstić information content (AvgIpc) is 3.27. The number of amides is 1. The molecule has 0 radical (unpaired) electrons.